The lowest BCUT2D eigenvalue weighted by Gasteiger charge is -2.21. The number of carbonyl (C=O) groups excluding carboxylic acids is 1. The Morgan fingerprint density at radius 1 is 1.55 bits per heavy atom. The van der Waals surface area contributed by atoms with Gasteiger partial charge in [-0.2, -0.15) is 0 Å². The van der Waals surface area contributed by atoms with E-state index in [0.717, 1.165) is 0 Å². The second-order valence-corrected chi connectivity index (χ2v) is 4.89. The number of halogens is 1. The number of rotatable bonds is 5. The molecule has 110 valence electrons. The highest BCUT2D eigenvalue weighted by molar-refractivity contribution is 5.82. The normalized spacial score (nSPS) is 21.8. The predicted molar refractivity (Wildman–Crippen MR) is 71.9 cm³/mol. The second-order valence-electron chi connectivity index (χ2n) is 4.89. The molecule has 1 aromatic carbocycles. The predicted octanol–water partition coefficient (Wildman–Crippen LogP) is 0.386. The zero-order chi connectivity index (χ0) is 14.5. The third kappa shape index (κ3) is 3.68. The maximum Gasteiger partial charge on any atom is 0.239 e. The van der Waals surface area contributed by atoms with Gasteiger partial charge in [0, 0.05) is 13.6 Å². The summed E-state index contributed by atoms with van der Waals surface area (Å²) in [5.41, 5.74) is 0. The number of hydrogen-bond donors (Lipinski definition) is 2. The van der Waals surface area contributed by atoms with Crippen molar-refractivity contribution in [1.29, 1.82) is 0 Å². The van der Waals surface area contributed by atoms with Crippen LogP contribution >= 0.6 is 0 Å². The van der Waals surface area contributed by atoms with Crippen LogP contribution in [-0.2, 0) is 4.79 Å². The van der Waals surface area contributed by atoms with Gasteiger partial charge in [-0.15, -0.1) is 0 Å². The summed E-state index contributed by atoms with van der Waals surface area (Å²) in [4.78, 5) is 13.5. The first-order valence-corrected chi connectivity index (χ1v) is 6.61. The number of carbonyl (C=O) groups is 1. The maximum absolute atomic E-state index is 13.3. The van der Waals surface area contributed by atoms with Gasteiger partial charge in [0.05, 0.1) is 18.7 Å². The van der Waals surface area contributed by atoms with Crippen LogP contribution in [-0.4, -0.2) is 54.8 Å². The van der Waals surface area contributed by atoms with Crippen molar-refractivity contribution in [1.82, 2.24) is 10.2 Å². The second kappa shape index (κ2) is 6.67. The largest absolute Gasteiger partial charge is 0.489 e. The molecule has 1 aromatic rings. The minimum absolute atomic E-state index is 0.0846. The van der Waals surface area contributed by atoms with Crippen molar-refractivity contribution in [2.75, 3.05) is 26.7 Å². The zero-order valence-corrected chi connectivity index (χ0v) is 11.4. The van der Waals surface area contributed by atoms with Crippen LogP contribution in [0, 0.1) is 5.82 Å². The number of hydrogen-bond acceptors (Lipinski definition) is 4. The summed E-state index contributed by atoms with van der Waals surface area (Å²) in [6.45, 7) is 1.02. The molecule has 2 unspecified atom stereocenters. The number of amides is 1. The first-order valence-electron chi connectivity index (χ1n) is 6.61. The van der Waals surface area contributed by atoms with Gasteiger partial charge in [0.1, 0.15) is 6.61 Å². The van der Waals surface area contributed by atoms with Gasteiger partial charge in [0.15, 0.2) is 11.6 Å². The molecule has 1 aliphatic rings. The van der Waals surface area contributed by atoms with Gasteiger partial charge in [0.2, 0.25) is 5.91 Å². The number of benzene rings is 1. The van der Waals surface area contributed by atoms with Gasteiger partial charge < -0.3 is 20.1 Å². The molecule has 1 fully saturated rings. The molecule has 2 rings (SSSR count). The molecule has 0 bridgehead atoms. The zero-order valence-electron chi connectivity index (χ0n) is 11.4. The lowest BCUT2D eigenvalue weighted by atomic mass is 10.2. The van der Waals surface area contributed by atoms with Gasteiger partial charge in [-0.25, -0.2) is 4.39 Å². The summed E-state index contributed by atoms with van der Waals surface area (Å²) in [6.07, 6.45) is -0.0378. The summed E-state index contributed by atoms with van der Waals surface area (Å²) in [6, 6.07) is 5.81. The molecule has 0 aliphatic carbocycles. The van der Waals surface area contributed by atoms with Crippen molar-refractivity contribution < 1.29 is 19.0 Å². The Labute approximate surface area is 117 Å². The van der Waals surface area contributed by atoms with E-state index in [2.05, 4.69) is 5.32 Å². The smallest absolute Gasteiger partial charge is 0.239 e. The monoisotopic (exact) mass is 282 g/mol. The van der Waals surface area contributed by atoms with Crippen LogP contribution < -0.4 is 10.1 Å². The minimum Gasteiger partial charge on any atom is -0.489 e. The number of β-amino-alcohol motifs (C(OH)–C–C–N with tert-alkyl or cyclic N) is 1. The average Bonchev–Trinajstić information content (AvgIpc) is 2.86. The lowest BCUT2D eigenvalue weighted by molar-refractivity contribution is -0.132. The van der Waals surface area contributed by atoms with Gasteiger partial charge in [0.25, 0.3) is 0 Å². The molecule has 0 saturated carbocycles. The van der Waals surface area contributed by atoms with Crippen LogP contribution in [0.2, 0.25) is 0 Å². The first kappa shape index (κ1) is 14.7. The van der Waals surface area contributed by atoms with E-state index in [1.165, 1.54) is 11.0 Å². The third-order valence-corrected chi connectivity index (χ3v) is 3.30. The summed E-state index contributed by atoms with van der Waals surface area (Å²) in [5.74, 6) is -0.316. The number of para-hydroxylation sites is 1. The molecule has 2 atom stereocenters. The first-order chi connectivity index (χ1) is 9.58. The Morgan fingerprint density at radius 2 is 2.30 bits per heavy atom. The fraction of sp³-hybridized carbons (Fsp3) is 0.500. The number of nitrogens with one attached hydrogen (secondary N) is 1. The summed E-state index contributed by atoms with van der Waals surface area (Å²) >= 11 is 0. The molecule has 2 N–H and O–H groups in total. The molecule has 5 nitrogen and oxygen atoms in total. The fourth-order valence-corrected chi connectivity index (χ4v) is 2.14. The molecule has 6 heteroatoms. The molecule has 1 amide bonds. The highest BCUT2D eigenvalue weighted by atomic mass is 19.1. The minimum atomic E-state index is -0.466. The number of nitrogens with zero attached hydrogens (tertiary/aromatic N) is 1. The van der Waals surface area contributed by atoms with Crippen molar-refractivity contribution in [3.05, 3.63) is 30.1 Å². The molecular weight excluding hydrogens is 263 g/mol. The average molecular weight is 282 g/mol. The van der Waals surface area contributed by atoms with Crippen LogP contribution in [0.4, 0.5) is 4.39 Å². The maximum atomic E-state index is 13.3. The molecule has 1 aliphatic heterocycles. The van der Waals surface area contributed by atoms with Crippen molar-refractivity contribution in [3.63, 3.8) is 0 Å². The molecular formula is C14H19FN2O3. The Balaban J connectivity index is 1.76. The molecule has 0 aromatic heterocycles. The molecule has 0 spiro atoms. The molecule has 1 saturated heterocycles. The van der Waals surface area contributed by atoms with Gasteiger partial charge >= 0.3 is 0 Å². The van der Waals surface area contributed by atoms with E-state index in [1.807, 2.05) is 0 Å². The summed E-state index contributed by atoms with van der Waals surface area (Å²) in [5, 5.41) is 12.3. The van der Waals surface area contributed by atoms with Crippen molar-refractivity contribution in [2.45, 2.75) is 18.6 Å². The van der Waals surface area contributed by atoms with E-state index in [9.17, 15) is 14.3 Å². The topological polar surface area (TPSA) is 61.8 Å². The van der Waals surface area contributed by atoms with Crippen LogP contribution in [0.3, 0.4) is 0 Å². The van der Waals surface area contributed by atoms with Gasteiger partial charge in [-0.1, -0.05) is 12.1 Å². The Kier molecular flexibility index (Phi) is 4.92. The summed E-state index contributed by atoms with van der Waals surface area (Å²) < 4.78 is 18.6. The molecule has 1 heterocycles. The van der Waals surface area contributed by atoms with Crippen molar-refractivity contribution >= 4 is 5.91 Å². The SMILES string of the molecule is CN(CCOc1ccccc1F)C(=O)C1CC(O)CN1. The molecule has 0 radical (unpaired) electrons. The highest BCUT2D eigenvalue weighted by Crippen LogP contribution is 2.15. The van der Waals surface area contributed by atoms with E-state index < -0.39 is 11.9 Å². The Morgan fingerprint density at radius 3 is 2.95 bits per heavy atom. The van der Waals surface area contributed by atoms with Crippen LogP contribution in [0.5, 0.6) is 5.75 Å². The van der Waals surface area contributed by atoms with Crippen molar-refractivity contribution in [3.8, 4) is 5.75 Å². The highest BCUT2D eigenvalue weighted by Gasteiger charge is 2.29. The number of likely N-dealkylation sites (N-methyl/N-ethyl adjacent to an activating group) is 1. The third-order valence-electron chi connectivity index (χ3n) is 3.30. The van der Waals surface area contributed by atoms with Crippen LogP contribution in [0.1, 0.15) is 6.42 Å². The number of ether oxygens (including phenoxy) is 1. The van der Waals surface area contributed by atoms with Crippen molar-refractivity contribution in [2.24, 2.45) is 0 Å². The van der Waals surface area contributed by atoms with Crippen LogP contribution in [0.15, 0.2) is 24.3 Å². The standard InChI is InChI=1S/C14H19FN2O3/c1-17(14(19)12-8-10(18)9-16-12)6-7-20-13-5-3-2-4-11(13)15/h2-5,10,12,16,18H,6-9H2,1H3. The van der Waals surface area contributed by atoms with E-state index in [1.54, 1.807) is 25.2 Å². The fourth-order valence-electron chi connectivity index (χ4n) is 2.14. The number of aliphatic hydroxyl groups is 1. The van der Waals surface area contributed by atoms with Gasteiger partial charge in [-0.05, 0) is 18.6 Å². The number of aliphatic hydroxyl groups excluding tert-OH is 1. The van der Waals surface area contributed by atoms with E-state index in [-0.39, 0.29) is 24.3 Å². The lowest BCUT2D eigenvalue weighted by Crippen LogP contribution is -2.43. The van der Waals surface area contributed by atoms with E-state index >= 15 is 0 Å². The van der Waals surface area contributed by atoms with Crippen LogP contribution in [0.25, 0.3) is 0 Å². The Bertz CT molecular complexity index is 469. The van der Waals surface area contributed by atoms with E-state index in [0.29, 0.717) is 19.5 Å². The quantitative estimate of drug-likeness (QED) is 0.820. The summed E-state index contributed by atoms with van der Waals surface area (Å²) in [7, 11) is 1.67. The Hall–Kier alpha value is -1.66. The molecule has 20 heavy (non-hydrogen) atoms. The van der Waals surface area contributed by atoms with Gasteiger partial charge in [-0.3, -0.25) is 4.79 Å². The van der Waals surface area contributed by atoms with E-state index in [4.69, 9.17) is 4.74 Å².